The SMILES string of the molecule is CC(C)(c1ccccc1)c1nc2c(c(=O)[nH]1)CCCC2. The fraction of sp³-hybridized carbons (Fsp3) is 0.412. The van der Waals surface area contributed by atoms with Gasteiger partial charge in [0, 0.05) is 11.0 Å². The Hall–Kier alpha value is -1.90. The second kappa shape index (κ2) is 4.89. The highest BCUT2D eigenvalue weighted by atomic mass is 16.1. The van der Waals surface area contributed by atoms with Crippen molar-refractivity contribution in [3.8, 4) is 0 Å². The van der Waals surface area contributed by atoms with Crippen LogP contribution in [0.2, 0.25) is 0 Å². The zero-order valence-electron chi connectivity index (χ0n) is 12.1. The van der Waals surface area contributed by atoms with Crippen LogP contribution in [0.1, 0.15) is 49.3 Å². The molecule has 0 radical (unpaired) electrons. The maximum Gasteiger partial charge on any atom is 0.254 e. The van der Waals surface area contributed by atoms with Gasteiger partial charge in [-0.05, 0) is 45.1 Å². The number of benzene rings is 1. The lowest BCUT2D eigenvalue weighted by Gasteiger charge is -2.26. The molecule has 0 unspecified atom stereocenters. The summed E-state index contributed by atoms with van der Waals surface area (Å²) in [6.45, 7) is 4.21. The third kappa shape index (κ3) is 2.17. The van der Waals surface area contributed by atoms with Gasteiger partial charge in [0.15, 0.2) is 0 Å². The number of hydrogen-bond acceptors (Lipinski definition) is 2. The maximum absolute atomic E-state index is 12.3. The molecule has 0 bridgehead atoms. The van der Waals surface area contributed by atoms with Crippen molar-refractivity contribution in [3.63, 3.8) is 0 Å². The monoisotopic (exact) mass is 268 g/mol. The Bertz CT molecular complexity index is 671. The van der Waals surface area contributed by atoms with Crippen molar-refractivity contribution in [1.29, 1.82) is 0 Å². The third-order valence-corrected chi connectivity index (χ3v) is 4.28. The fourth-order valence-electron chi connectivity index (χ4n) is 2.89. The summed E-state index contributed by atoms with van der Waals surface area (Å²) < 4.78 is 0. The van der Waals surface area contributed by atoms with E-state index in [4.69, 9.17) is 4.98 Å². The van der Waals surface area contributed by atoms with Crippen LogP contribution in [0.3, 0.4) is 0 Å². The highest BCUT2D eigenvalue weighted by Crippen LogP contribution is 2.29. The van der Waals surface area contributed by atoms with Crippen LogP contribution in [0, 0.1) is 0 Å². The predicted molar refractivity (Wildman–Crippen MR) is 80.1 cm³/mol. The number of aromatic nitrogens is 2. The second-order valence-corrected chi connectivity index (χ2v) is 6.04. The van der Waals surface area contributed by atoms with Crippen molar-refractivity contribution in [3.05, 3.63) is 63.3 Å². The van der Waals surface area contributed by atoms with Crippen LogP contribution in [0.4, 0.5) is 0 Å². The van der Waals surface area contributed by atoms with Gasteiger partial charge in [0.1, 0.15) is 5.82 Å². The second-order valence-electron chi connectivity index (χ2n) is 6.04. The molecule has 0 fully saturated rings. The van der Waals surface area contributed by atoms with E-state index >= 15 is 0 Å². The van der Waals surface area contributed by atoms with Crippen molar-refractivity contribution in [2.45, 2.75) is 44.9 Å². The van der Waals surface area contributed by atoms with Crippen molar-refractivity contribution >= 4 is 0 Å². The molecule has 1 aliphatic carbocycles. The zero-order valence-corrected chi connectivity index (χ0v) is 12.1. The van der Waals surface area contributed by atoms with Gasteiger partial charge in [-0.15, -0.1) is 0 Å². The van der Waals surface area contributed by atoms with E-state index in [1.165, 1.54) is 5.56 Å². The molecule has 1 aromatic heterocycles. The van der Waals surface area contributed by atoms with E-state index in [0.717, 1.165) is 42.8 Å². The van der Waals surface area contributed by atoms with Crippen molar-refractivity contribution in [1.82, 2.24) is 9.97 Å². The number of rotatable bonds is 2. The minimum atomic E-state index is -0.285. The highest BCUT2D eigenvalue weighted by molar-refractivity contribution is 5.32. The molecule has 3 heteroatoms. The number of fused-ring (bicyclic) bond motifs is 1. The molecule has 2 aromatic rings. The lowest BCUT2D eigenvalue weighted by Crippen LogP contribution is -2.30. The summed E-state index contributed by atoms with van der Waals surface area (Å²) in [7, 11) is 0. The van der Waals surface area contributed by atoms with Crippen LogP contribution in [0.5, 0.6) is 0 Å². The van der Waals surface area contributed by atoms with Crippen LogP contribution < -0.4 is 5.56 Å². The number of hydrogen-bond donors (Lipinski definition) is 1. The van der Waals surface area contributed by atoms with Gasteiger partial charge in [-0.1, -0.05) is 30.3 Å². The average Bonchev–Trinajstić information content (AvgIpc) is 2.48. The van der Waals surface area contributed by atoms with Gasteiger partial charge in [-0.25, -0.2) is 4.98 Å². The van der Waals surface area contributed by atoms with E-state index in [1.807, 2.05) is 18.2 Å². The largest absolute Gasteiger partial charge is 0.310 e. The predicted octanol–water partition coefficient (Wildman–Crippen LogP) is 2.97. The normalized spacial score (nSPS) is 14.9. The summed E-state index contributed by atoms with van der Waals surface area (Å²) in [6, 6.07) is 10.2. The molecule has 0 aliphatic heterocycles. The summed E-state index contributed by atoms with van der Waals surface area (Å²) >= 11 is 0. The quantitative estimate of drug-likeness (QED) is 0.910. The molecule has 20 heavy (non-hydrogen) atoms. The van der Waals surface area contributed by atoms with Crippen molar-refractivity contribution in [2.24, 2.45) is 0 Å². The zero-order chi connectivity index (χ0) is 14.2. The molecule has 1 N–H and O–H groups in total. The van der Waals surface area contributed by atoms with Gasteiger partial charge < -0.3 is 4.98 Å². The van der Waals surface area contributed by atoms with Crippen molar-refractivity contribution in [2.75, 3.05) is 0 Å². The van der Waals surface area contributed by atoms with Gasteiger partial charge in [0.2, 0.25) is 0 Å². The number of nitrogens with zero attached hydrogens (tertiary/aromatic N) is 1. The van der Waals surface area contributed by atoms with Gasteiger partial charge in [-0.2, -0.15) is 0 Å². The van der Waals surface area contributed by atoms with Crippen LogP contribution >= 0.6 is 0 Å². The van der Waals surface area contributed by atoms with E-state index in [2.05, 4.69) is 31.0 Å². The van der Waals surface area contributed by atoms with E-state index in [0.29, 0.717) is 0 Å². The minimum Gasteiger partial charge on any atom is -0.310 e. The molecule has 104 valence electrons. The molecule has 3 nitrogen and oxygen atoms in total. The lowest BCUT2D eigenvalue weighted by atomic mass is 9.83. The number of H-pyrrole nitrogens is 1. The minimum absolute atomic E-state index is 0.0497. The van der Waals surface area contributed by atoms with Gasteiger partial charge in [0.25, 0.3) is 5.56 Å². The summed E-state index contributed by atoms with van der Waals surface area (Å²) in [6.07, 6.45) is 4.02. The fourth-order valence-corrected chi connectivity index (χ4v) is 2.89. The molecular weight excluding hydrogens is 248 g/mol. The highest BCUT2D eigenvalue weighted by Gasteiger charge is 2.27. The van der Waals surface area contributed by atoms with Crippen LogP contribution in [0.15, 0.2) is 35.1 Å². The molecule has 0 amide bonds. The Morgan fingerprint density at radius 1 is 1.10 bits per heavy atom. The topological polar surface area (TPSA) is 45.8 Å². The summed E-state index contributed by atoms with van der Waals surface area (Å²) in [4.78, 5) is 20.0. The summed E-state index contributed by atoms with van der Waals surface area (Å²) in [5, 5.41) is 0. The molecule has 0 atom stereocenters. The molecule has 3 rings (SSSR count). The van der Waals surface area contributed by atoms with E-state index in [1.54, 1.807) is 0 Å². The molecule has 0 spiro atoms. The van der Waals surface area contributed by atoms with Crippen molar-refractivity contribution < 1.29 is 0 Å². The average molecular weight is 268 g/mol. The molecule has 0 saturated heterocycles. The van der Waals surface area contributed by atoms with Crippen LogP contribution in [0.25, 0.3) is 0 Å². The lowest BCUT2D eigenvalue weighted by molar-refractivity contribution is 0.564. The van der Waals surface area contributed by atoms with Gasteiger partial charge >= 0.3 is 0 Å². The molecule has 1 heterocycles. The van der Waals surface area contributed by atoms with Crippen LogP contribution in [-0.2, 0) is 18.3 Å². The van der Waals surface area contributed by atoms with Crippen LogP contribution in [-0.4, -0.2) is 9.97 Å². The number of aromatic amines is 1. The Balaban J connectivity index is 2.11. The van der Waals surface area contributed by atoms with E-state index < -0.39 is 0 Å². The first-order valence-corrected chi connectivity index (χ1v) is 7.27. The molecule has 1 aliphatic rings. The summed E-state index contributed by atoms with van der Waals surface area (Å²) in [5.74, 6) is 0.773. The first kappa shape index (κ1) is 13.1. The third-order valence-electron chi connectivity index (χ3n) is 4.28. The number of aryl methyl sites for hydroxylation is 1. The Morgan fingerprint density at radius 3 is 2.55 bits per heavy atom. The first-order chi connectivity index (χ1) is 9.59. The van der Waals surface area contributed by atoms with Gasteiger partial charge in [-0.3, -0.25) is 4.79 Å². The smallest absolute Gasteiger partial charge is 0.254 e. The first-order valence-electron chi connectivity index (χ1n) is 7.27. The van der Waals surface area contributed by atoms with E-state index in [9.17, 15) is 4.79 Å². The Labute approximate surface area is 119 Å². The molecule has 1 aromatic carbocycles. The molecule has 0 saturated carbocycles. The number of nitrogens with one attached hydrogen (secondary N) is 1. The standard InChI is InChI=1S/C17H20N2O/c1-17(2,12-8-4-3-5-9-12)16-18-14-11-7-6-10-13(14)15(20)19-16/h3-5,8-9H,6-7,10-11H2,1-2H3,(H,18,19,20). The Kier molecular flexibility index (Phi) is 3.20. The maximum atomic E-state index is 12.3. The van der Waals surface area contributed by atoms with Gasteiger partial charge in [0.05, 0.1) is 5.69 Å². The molecular formula is C17H20N2O. The van der Waals surface area contributed by atoms with E-state index in [-0.39, 0.29) is 11.0 Å². The Morgan fingerprint density at radius 2 is 1.80 bits per heavy atom. The summed E-state index contributed by atoms with van der Waals surface area (Å²) in [5.41, 5.74) is 2.82.